The second-order valence-corrected chi connectivity index (χ2v) is 6.04. The second kappa shape index (κ2) is 6.92. The zero-order valence-electron chi connectivity index (χ0n) is 14.3. The number of aromatic amines is 1. The number of imidazole rings is 1. The number of likely N-dealkylation sites (N-methyl/N-ethyl adjacent to an activating group) is 1. The van der Waals surface area contributed by atoms with Crippen molar-refractivity contribution in [3.63, 3.8) is 0 Å². The number of carbonyl (C=O) groups is 3. The first-order valence-corrected chi connectivity index (χ1v) is 8.31. The highest BCUT2D eigenvalue weighted by molar-refractivity contribution is 6.35. The number of aromatic nitrogens is 2. The van der Waals surface area contributed by atoms with Gasteiger partial charge in [-0.2, -0.15) is 0 Å². The van der Waals surface area contributed by atoms with Gasteiger partial charge in [0.25, 0.3) is 0 Å². The fraction of sp³-hybridized carbons (Fsp3) is 0.412. The minimum Gasteiger partial charge on any atom is -0.345 e. The highest BCUT2D eigenvalue weighted by Crippen LogP contribution is 2.15. The molecule has 0 saturated carbocycles. The van der Waals surface area contributed by atoms with Crippen molar-refractivity contribution in [2.45, 2.75) is 19.9 Å². The van der Waals surface area contributed by atoms with Crippen molar-refractivity contribution in [3.05, 3.63) is 30.1 Å². The molecule has 1 atom stereocenters. The van der Waals surface area contributed by atoms with Gasteiger partial charge in [-0.25, -0.2) is 4.98 Å². The van der Waals surface area contributed by atoms with Crippen LogP contribution in [0.2, 0.25) is 0 Å². The lowest BCUT2D eigenvalue weighted by Crippen LogP contribution is -2.56. The van der Waals surface area contributed by atoms with Crippen LogP contribution in [0.25, 0.3) is 11.0 Å². The third-order valence-electron chi connectivity index (χ3n) is 4.31. The molecule has 1 saturated heterocycles. The fourth-order valence-corrected chi connectivity index (χ4v) is 2.87. The van der Waals surface area contributed by atoms with Gasteiger partial charge in [0.2, 0.25) is 5.91 Å². The molecule has 8 nitrogen and oxygen atoms in total. The maximum absolute atomic E-state index is 12.2. The number of hydrogen-bond donors (Lipinski definition) is 2. The molecule has 1 aliphatic heterocycles. The number of para-hydroxylation sites is 2. The van der Waals surface area contributed by atoms with Crippen LogP contribution in [-0.2, 0) is 14.4 Å². The van der Waals surface area contributed by atoms with E-state index in [2.05, 4.69) is 15.3 Å². The van der Waals surface area contributed by atoms with Crippen molar-refractivity contribution in [3.8, 4) is 0 Å². The molecule has 1 unspecified atom stereocenters. The van der Waals surface area contributed by atoms with E-state index in [1.54, 1.807) is 0 Å². The summed E-state index contributed by atoms with van der Waals surface area (Å²) in [5.41, 5.74) is 1.73. The van der Waals surface area contributed by atoms with Gasteiger partial charge in [-0.15, -0.1) is 0 Å². The normalized spacial score (nSPS) is 16.4. The standard InChI is InChI=1S/C17H21N5O3/c1-3-21-8-9-22(17(25)16(21)24)10-14(23)18-11(2)15-19-12-6-4-5-7-13(12)20-15/h4-7,11H,3,8-10H2,1-2H3,(H,18,23)(H,19,20). The number of benzene rings is 1. The molecule has 1 aromatic heterocycles. The Bertz CT molecular complexity index is 782. The van der Waals surface area contributed by atoms with Gasteiger partial charge in [0.15, 0.2) is 0 Å². The number of amides is 3. The first-order valence-electron chi connectivity index (χ1n) is 8.31. The van der Waals surface area contributed by atoms with Crippen LogP contribution in [0.4, 0.5) is 0 Å². The molecule has 2 aromatic rings. The minimum absolute atomic E-state index is 0.132. The van der Waals surface area contributed by atoms with Crippen molar-refractivity contribution < 1.29 is 14.4 Å². The Labute approximate surface area is 145 Å². The number of H-pyrrole nitrogens is 1. The third kappa shape index (κ3) is 3.47. The van der Waals surface area contributed by atoms with Gasteiger partial charge in [-0.1, -0.05) is 12.1 Å². The Balaban J connectivity index is 1.60. The monoisotopic (exact) mass is 343 g/mol. The lowest BCUT2D eigenvalue weighted by Gasteiger charge is -2.32. The summed E-state index contributed by atoms with van der Waals surface area (Å²) in [7, 11) is 0. The lowest BCUT2D eigenvalue weighted by molar-refractivity contribution is -0.156. The number of nitrogens with one attached hydrogen (secondary N) is 2. The zero-order valence-corrected chi connectivity index (χ0v) is 14.3. The van der Waals surface area contributed by atoms with Crippen LogP contribution in [0.15, 0.2) is 24.3 Å². The molecule has 0 bridgehead atoms. The predicted octanol–water partition coefficient (Wildman–Crippen LogP) is 0.431. The second-order valence-electron chi connectivity index (χ2n) is 6.04. The Morgan fingerprint density at radius 1 is 1.24 bits per heavy atom. The molecular weight excluding hydrogens is 322 g/mol. The van der Waals surface area contributed by atoms with Crippen LogP contribution in [0.5, 0.6) is 0 Å². The van der Waals surface area contributed by atoms with Crippen LogP contribution < -0.4 is 5.32 Å². The summed E-state index contributed by atoms with van der Waals surface area (Å²) >= 11 is 0. The number of fused-ring (bicyclic) bond motifs is 1. The summed E-state index contributed by atoms with van der Waals surface area (Å²) in [6, 6.07) is 7.28. The van der Waals surface area contributed by atoms with Gasteiger partial charge in [-0.3, -0.25) is 14.4 Å². The Kier molecular flexibility index (Phi) is 4.69. The summed E-state index contributed by atoms with van der Waals surface area (Å²) in [6.07, 6.45) is 0. The molecule has 2 N–H and O–H groups in total. The highest BCUT2D eigenvalue weighted by Gasteiger charge is 2.32. The Morgan fingerprint density at radius 2 is 1.92 bits per heavy atom. The van der Waals surface area contributed by atoms with E-state index in [1.165, 1.54) is 9.80 Å². The van der Waals surface area contributed by atoms with E-state index in [0.717, 1.165) is 11.0 Å². The van der Waals surface area contributed by atoms with E-state index in [-0.39, 0.29) is 18.5 Å². The van der Waals surface area contributed by atoms with E-state index >= 15 is 0 Å². The quantitative estimate of drug-likeness (QED) is 0.769. The first-order chi connectivity index (χ1) is 12.0. The molecule has 2 heterocycles. The van der Waals surface area contributed by atoms with Crippen molar-refractivity contribution in [1.29, 1.82) is 0 Å². The van der Waals surface area contributed by atoms with Gasteiger partial charge < -0.3 is 20.1 Å². The number of nitrogens with zero attached hydrogens (tertiary/aromatic N) is 3. The van der Waals surface area contributed by atoms with E-state index < -0.39 is 11.8 Å². The van der Waals surface area contributed by atoms with Crippen molar-refractivity contribution in [2.75, 3.05) is 26.2 Å². The number of piperazine rings is 1. The summed E-state index contributed by atoms with van der Waals surface area (Å²) < 4.78 is 0. The van der Waals surface area contributed by atoms with Gasteiger partial charge in [-0.05, 0) is 26.0 Å². The molecule has 0 radical (unpaired) electrons. The maximum Gasteiger partial charge on any atom is 0.312 e. The average molecular weight is 343 g/mol. The molecule has 8 heteroatoms. The summed E-state index contributed by atoms with van der Waals surface area (Å²) in [5.74, 6) is -0.849. The Morgan fingerprint density at radius 3 is 2.64 bits per heavy atom. The summed E-state index contributed by atoms with van der Waals surface area (Å²) in [6.45, 7) is 4.82. The van der Waals surface area contributed by atoms with E-state index in [9.17, 15) is 14.4 Å². The zero-order chi connectivity index (χ0) is 18.0. The van der Waals surface area contributed by atoms with Crippen LogP contribution in [0, 0.1) is 0 Å². The van der Waals surface area contributed by atoms with Gasteiger partial charge >= 0.3 is 11.8 Å². The summed E-state index contributed by atoms with van der Waals surface area (Å²) in [4.78, 5) is 46.5. The first kappa shape index (κ1) is 16.9. The molecule has 0 aliphatic carbocycles. The smallest absolute Gasteiger partial charge is 0.312 e. The SMILES string of the molecule is CCN1CCN(CC(=O)NC(C)c2nc3ccccc3[nH]2)C(=O)C1=O. The molecule has 3 rings (SSSR count). The summed E-state index contributed by atoms with van der Waals surface area (Å²) in [5, 5.41) is 2.81. The largest absolute Gasteiger partial charge is 0.345 e. The Hall–Kier alpha value is -2.90. The van der Waals surface area contributed by atoms with Crippen molar-refractivity contribution in [1.82, 2.24) is 25.1 Å². The fourth-order valence-electron chi connectivity index (χ4n) is 2.87. The lowest BCUT2D eigenvalue weighted by atomic mass is 10.2. The van der Waals surface area contributed by atoms with Crippen LogP contribution in [0.3, 0.4) is 0 Å². The molecule has 1 fully saturated rings. The van der Waals surface area contributed by atoms with Crippen molar-refractivity contribution >= 4 is 28.8 Å². The predicted molar refractivity (Wildman–Crippen MR) is 91.5 cm³/mol. The van der Waals surface area contributed by atoms with Gasteiger partial charge in [0.05, 0.1) is 17.1 Å². The maximum atomic E-state index is 12.2. The highest BCUT2D eigenvalue weighted by atomic mass is 16.2. The molecule has 0 spiro atoms. The van der Waals surface area contributed by atoms with E-state index in [1.807, 2.05) is 38.1 Å². The number of carbonyl (C=O) groups excluding carboxylic acids is 3. The molecule has 1 aliphatic rings. The molecule has 1 aromatic carbocycles. The molecule has 132 valence electrons. The molecular formula is C17H21N5O3. The number of rotatable bonds is 5. The van der Waals surface area contributed by atoms with Crippen LogP contribution in [-0.4, -0.2) is 63.7 Å². The molecule has 25 heavy (non-hydrogen) atoms. The van der Waals surface area contributed by atoms with Gasteiger partial charge in [0.1, 0.15) is 12.4 Å². The molecule has 3 amide bonds. The topological polar surface area (TPSA) is 98.4 Å². The third-order valence-corrected chi connectivity index (χ3v) is 4.31. The average Bonchev–Trinajstić information content (AvgIpc) is 3.03. The minimum atomic E-state index is -0.625. The van der Waals surface area contributed by atoms with E-state index in [0.29, 0.717) is 25.5 Å². The van der Waals surface area contributed by atoms with Crippen molar-refractivity contribution in [2.24, 2.45) is 0 Å². The number of hydrogen-bond acceptors (Lipinski definition) is 4. The van der Waals surface area contributed by atoms with Gasteiger partial charge in [0, 0.05) is 19.6 Å². The van der Waals surface area contributed by atoms with Crippen LogP contribution >= 0.6 is 0 Å². The van der Waals surface area contributed by atoms with Crippen LogP contribution in [0.1, 0.15) is 25.7 Å². The van der Waals surface area contributed by atoms with E-state index in [4.69, 9.17) is 0 Å².